The lowest BCUT2D eigenvalue weighted by molar-refractivity contribution is -0.116. The second-order valence-corrected chi connectivity index (χ2v) is 5.25. The third-order valence-electron chi connectivity index (χ3n) is 2.54. The number of hydrogen-bond acceptors (Lipinski definition) is 3. The number of carbonyl (C=O) groups is 2. The number of halogens is 1. The molecular formula is C13H17BrN2O3. The highest BCUT2D eigenvalue weighted by Crippen LogP contribution is 2.20. The standard InChI is InChI=1S/C13H17BrN2O3/c1-2-3-10(15)7-12(17)16-11-5-8(13(18)19)4-9(14)6-11/h4-6,10H,2-3,7,15H2,1H3,(H,16,17)(H,18,19). The van der Waals surface area contributed by atoms with Gasteiger partial charge in [-0.2, -0.15) is 0 Å². The van der Waals surface area contributed by atoms with Crippen molar-refractivity contribution >= 4 is 33.5 Å². The Hall–Kier alpha value is -1.40. The Labute approximate surface area is 120 Å². The number of benzene rings is 1. The average Bonchev–Trinajstić information content (AvgIpc) is 2.27. The van der Waals surface area contributed by atoms with Gasteiger partial charge in [-0.25, -0.2) is 4.79 Å². The smallest absolute Gasteiger partial charge is 0.335 e. The molecule has 1 amide bonds. The van der Waals surface area contributed by atoms with E-state index < -0.39 is 5.97 Å². The van der Waals surface area contributed by atoms with Crippen molar-refractivity contribution in [2.24, 2.45) is 5.73 Å². The zero-order valence-electron chi connectivity index (χ0n) is 10.6. The Morgan fingerprint density at radius 2 is 2.11 bits per heavy atom. The first-order valence-electron chi connectivity index (χ1n) is 6.01. The first-order valence-corrected chi connectivity index (χ1v) is 6.81. The lowest BCUT2D eigenvalue weighted by Crippen LogP contribution is -2.26. The molecule has 1 aromatic carbocycles. The van der Waals surface area contributed by atoms with E-state index in [1.807, 2.05) is 6.92 Å². The van der Waals surface area contributed by atoms with E-state index in [1.165, 1.54) is 12.1 Å². The molecule has 104 valence electrons. The fourth-order valence-corrected chi connectivity index (χ4v) is 2.20. The molecule has 0 aliphatic carbocycles. The van der Waals surface area contributed by atoms with E-state index in [4.69, 9.17) is 10.8 Å². The van der Waals surface area contributed by atoms with Crippen LogP contribution < -0.4 is 11.1 Å². The van der Waals surface area contributed by atoms with E-state index in [0.717, 1.165) is 12.8 Å². The molecule has 0 spiro atoms. The second kappa shape index (κ2) is 7.25. The maximum atomic E-state index is 11.7. The quantitative estimate of drug-likeness (QED) is 0.748. The van der Waals surface area contributed by atoms with Crippen LogP contribution in [0.15, 0.2) is 22.7 Å². The predicted molar refractivity (Wildman–Crippen MR) is 77.2 cm³/mol. The highest BCUT2D eigenvalue weighted by Gasteiger charge is 2.11. The Kier molecular flexibility index (Phi) is 5.98. The first kappa shape index (κ1) is 15.7. The van der Waals surface area contributed by atoms with Crippen molar-refractivity contribution in [2.75, 3.05) is 5.32 Å². The van der Waals surface area contributed by atoms with Crippen LogP contribution in [0, 0.1) is 0 Å². The molecule has 1 atom stereocenters. The van der Waals surface area contributed by atoms with Crippen molar-refractivity contribution in [3.05, 3.63) is 28.2 Å². The van der Waals surface area contributed by atoms with Crippen molar-refractivity contribution in [3.63, 3.8) is 0 Å². The Morgan fingerprint density at radius 3 is 2.68 bits per heavy atom. The van der Waals surface area contributed by atoms with Crippen LogP contribution in [0.1, 0.15) is 36.5 Å². The van der Waals surface area contributed by atoms with Gasteiger partial charge in [-0.3, -0.25) is 4.79 Å². The van der Waals surface area contributed by atoms with E-state index >= 15 is 0 Å². The summed E-state index contributed by atoms with van der Waals surface area (Å²) in [5.41, 5.74) is 6.34. The number of carboxylic acids is 1. The molecule has 0 fully saturated rings. The zero-order chi connectivity index (χ0) is 14.4. The van der Waals surface area contributed by atoms with Crippen LogP contribution in [-0.2, 0) is 4.79 Å². The van der Waals surface area contributed by atoms with Gasteiger partial charge in [0, 0.05) is 22.6 Å². The molecule has 5 nitrogen and oxygen atoms in total. The van der Waals surface area contributed by atoms with Gasteiger partial charge in [0.2, 0.25) is 5.91 Å². The second-order valence-electron chi connectivity index (χ2n) is 4.33. The molecule has 0 aromatic heterocycles. The van der Waals surface area contributed by atoms with Gasteiger partial charge in [0.05, 0.1) is 5.56 Å². The third kappa shape index (κ3) is 5.40. The average molecular weight is 329 g/mol. The molecule has 1 unspecified atom stereocenters. The summed E-state index contributed by atoms with van der Waals surface area (Å²) in [5, 5.41) is 11.6. The molecule has 0 saturated heterocycles. The molecule has 0 heterocycles. The molecule has 0 aliphatic rings. The summed E-state index contributed by atoms with van der Waals surface area (Å²) in [6.45, 7) is 2.01. The topological polar surface area (TPSA) is 92.4 Å². The van der Waals surface area contributed by atoms with E-state index in [-0.39, 0.29) is 23.9 Å². The van der Waals surface area contributed by atoms with Gasteiger partial charge in [0.15, 0.2) is 0 Å². The van der Waals surface area contributed by atoms with Crippen LogP contribution in [0.3, 0.4) is 0 Å². The maximum absolute atomic E-state index is 11.7. The number of anilines is 1. The monoisotopic (exact) mass is 328 g/mol. The predicted octanol–water partition coefficient (Wildman–Crippen LogP) is 2.60. The van der Waals surface area contributed by atoms with Crippen molar-refractivity contribution in [2.45, 2.75) is 32.2 Å². The number of nitrogens with two attached hydrogens (primary N) is 1. The molecule has 0 bridgehead atoms. The van der Waals surface area contributed by atoms with Crippen LogP contribution in [0.25, 0.3) is 0 Å². The number of rotatable bonds is 6. The fraction of sp³-hybridized carbons (Fsp3) is 0.385. The van der Waals surface area contributed by atoms with Gasteiger partial charge in [0.1, 0.15) is 0 Å². The van der Waals surface area contributed by atoms with Crippen LogP contribution in [0.4, 0.5) is 5.69 Å². The highest BCUT2D eigenvalue weighted by atomic mass is 79.9. The number of nitrogens with one attached hydrogen (secondary N) is 1. The molecule has 0 aliphatic heterocycles. The maximum Gasteiger partial charge on any atom is 0.335 e. The molecular weight excluding hydrogens is 312 g/mol. The molecule has 0 radical (unpaired) electrons. The Balaban J connectivity index is 2.71. The minimum Gasteiger partial charge on any atom is -0.478 e. The van der Waals surface area contributed by atoms with Gasteiger partial charge in [0.25, 0.3) is 0 Å². The molecule has 4 N–H and O–H groups in total. The van der Waals surface area contributed by atoms with E-state index in [2.05, 4.69) is 21.2 Å². The minimum atomic E-state index is -1.04. The fourth-order valence-electron chi connectivity index (χ4n) is 1.71. The lowest BCUT2D eigenvalue weighted by atomic mass is 10.1. The normalized spacial score (nSPS) is 11.9. The van der Waals surface area contributed by atoms with Gasteiger partial charge in [-0.05, 0) is 24.6 Å². The number of carbonyl (C=O) groups excluding carboxylic acids is 1. The third-order valence-corrected chi connectivity index (χ3v) is 2.99. The SMILES string of the molecule is CCCC(N)CC(=O)Nc1cc(Br)cc(C(=O)O)c1. The minimum absolute atomic E-state index is 0.113. The van der Waals surface area contributed by atoms with Crippen LogP contribution in [-0.4, -0.2) is 23.0 Å². The van der Waals surface area contributed by atoms with Crippen molar-refractivity contribution < 1.29 is 14.7 Å². The summed E-state index contributed by atoms with van der Waals surface area (Å²) in [5.74, 6) is -1.25. The van der Waals surface area contributed by atoms with E-state index in [0.29, 0.717) is 10.2 Å². The summed E-state index contributed by atoms with van der Waals surface area (Å²) in [7, 11) is 0. The summed E-state index contributed by atoms with van der Waals surface area (Å²) < 4.78 is 0.598. The first-order chi connectivity index (χ1) is 8.92. The van der Waals surface area contributed by atoms with Crippen molar-refractivity contribution in [1.29, 1.82) is 0 Å². The van der Waals surface area contributed by atoms with Crippen molar-refractivity contribution in [1.82, 2.24) is 0 Å². The van der Waals surface area contributed by atoms with Crippen LogP contribution in [0.2, 0.25) is 0 Å². The molecule has 1 aromatic rings. The van der Waals surface area contributed by atoms with E-state index in [1.54, 1.807) is 6.07 Å². The summed E-state index contributed by atoms with van der Waals surface area (Å²) in [4.78, 5) is 22.6. The number of amides is 1. The van der Waals surface area contributed by atoms with Gasteiger partial charge in [-0.15, -0.1) is 0 Å². The van der Waals surface area contributed by atoms with E-state index in [9.17, 15) is 9.59 Å². The molecule has 0 saturated carbocycles. The number of aromatic carboxylic acids is 1. The summed E-state index contributed by atoms with van der Waals surface area (Å²) >= 11 is 3.21. The molecule has 19 heavy (non-hydrogen) atoms. The Bertz CT molecular complexity index is 477. The van der Waals surface area contributed by atoms with Crippen LogP contribution >= 0.6 is 15.9 Å². The summed E-state index contributed by atoms with van der Waals surface area (Å²) in [6.07, 6.45) is 1.93. The molecule has 1 rings (SSSR count). The van der Waals surface area contributed by atoms with Crippen LogP contribution in [0.5, 0.6) is 0 Å². The van der Waals surface area contributed by atoms with Gasteiger partial charge < -0.3 is 16.2 Å². The zero-order valence-corrected chi connectivity index (χ0v) is 12.2. The summed E-state index contributed by atoms with van der Waals surface area (Å²) in [6, 6.07) is 4.36. The lowest BCUT2D eigenvalue weighted by Gasteiger charge is -2.11. The Morgan fingerprint density at radius 1 is 1.42 bits per heavy atom. The van der Waals surface area contributed by atoms with Gasteiger partial charge in [-0.1, -0.05) is 29.3 Å². The number of carboxylic acid groups (broad SMARTS) is 1. The molecule has 6 heteroatoms. The van der Waals surface area contributed by atoms with Gasteiger partial charge >= 0.3 is 5.97 Å². The van der Waals surface area contributed by atoms with Crippen molar-refractivity contribution in [3.8, 4) is 0 Å². The highest BCUT2D eigenvalue weighted by molar-refractivity contribution is 9.10. The largest absolute Gasteiger partial charge is 0.478 e. The number of hydrogen-bond donors (Lipinski definition) is 3.